The van der Waals surface area contributed by atoms with Crippen molar-refractivity contribution in [3.63, 3.8) is 0 Å². The topological polar surface area (TPSA) is 15.3 Å². The maximum Gasteiger partial charge on any atom is 0.125 e. The second-order valence-electron chi connectivity index (χ2n) is 6.17. The second-order valence-corrected chi connectivity index (χ2v) is 6.17. The lowest BCUT2D eigenvalue weighted by Gasteiger charge is -2.24. The van der Waals surface area contributed by atoms with Crippen LogP contribution in [0.5, 0.6) is 0 Å². The Hall–Kier alpha value is -1.09. The highest BCUT2D eigenvalue weighted by molar-refractivity contribution is 5.49. The maximum absolute atomic E-state index is 13.9. The van der Waals surface area contributed by atoms with Gasteiger partial charge in [-0.05, 0) is 55.5 Å². The van der Waals surface area contributed by atoms with Crippen LogP contribution in [0.25, 0.3) is 0 Å². The fourth-order valence-electron chi connectivity index (χ4n) is 3.31. The van der Waals surface area contributed by atoms with E-state index in [0.717, 1.165) is 43.3 Å². The summed E-state index contributed by atoms with van der Waals surface area (Å²) in [7, 11) is 0. The molecule has 3 heteroatoms. The molecule has 1 atom stereocenters. The maximum atomic E-state index is 13.9. The number of anilines is 1. The molecule has 1 fully saturated rings. The molecular weight excluding hydrogens is 263 g/mol. The molecule has 0 bridgehead atoms. The van der Waals surface area contributed by atoms with Gasteiger partial charge in [0.1, 0.15) is 5.82 Å². The van der Waals surface area contributed by atoms with Crippen LogP contribution >= 0.6 is 0 Å². The lowest BCUT2D eigenvalue weighted by atomic mass is 9.96. The van der Waals surface area contributed by atoms with E-state index in [-0.39, 0.29) is 5.82 Å². The lowest BCUT2D eigenvalue weighted by Crippen LogP contribution is -2.24. The molecule has 1 aliphatic heterocycles. The highest BCUT2D eigenvalue weighted by Gasteiger charge is 2.17. The minimum absolute atomic E-state index is 0.116. The van der Waals surface area contributed by atoms with Crippen molar-refractivity contribution in [1.82, 2.24) is 5.32 Å². The number of nitrogens with one attached hydrogen (secondary N) is 1. The molecule has 1 aromatic rings. The van der Waals surface area contributed by atoms with Gasteiger partial charge in [-0.1, -0.05) is 26.7 Å². The van der Waals surface area contributed by atoms with Gasteiger partial charge in [0.25, 0.3) is 0 Å². The van der Waals surface area contributed by atoms with Crippen LogP contribution in [0.15, 0.2) is 18.2 Å². The van der Waals surface area contributed by atoms with Crippen molar-refractivity contribution in [3.05, 3.63) is 29.6 Å². The Labute approximate surface area is 128 Å². The molecular formula is C18H29FN2. The van der Waals surface area contributed by atoms with Gasteiger partial charge < -0.3 is 10.2 Å². The summed E-state index contributed by atoms with van der Waals surface area (Å²) in [5, 5.41) is 3.27. The summed E-state index contributed by atoms with van der Waals surface area (Å²) < 4.78 is 13.9. The average molecular weight is 292 g/mol. The first kappa shape index (κ1) is 16.3. The van der Waals surface area contributed by atoms with Gasteiger partial charge in [-0.3, -0.25) is 0 Å². The first-order valence-corrected chi connectivity index (χ1v) is 8.48. The normalized spacial score (nSPS) is 19.6. The highest BCUT2D eigenvalue weighted by atomic mass is 19.1. The van der Waals surface area contributed by atoms with E-state index in [4.69, 9.17) is 0 Å². The second kappa shape index (κ2) is 8.38. The summed E-state index contributed by atoms with van der Waals surface area (Å²) in [6.45, 7) is 8.12. The molecule has 0 aliphatic carbocycles. The average Bonchev–Trinajstić information content (AvgIpc) is 2.71. The van der Waals surface area contributed by atoms with Crippen LogP contribution in [0, 0.1) is 11.7 Å². The zero-order chi connectivity index (χ0) is 15.1. The first-order chi connectivity index (χ1) is 10.2. The van der Waals surface area contributed by atoms with Crippen LogP contribution in [0.4, 0.5) is 10.1 Å². The number of rotatable bonds is 6. The Morgan fingerprint density at radius 2 is 2.05 bits per heavy atom. The Balaban J connectivity index is 2.04. The minimum Gasteiger partial charge on any atom is -0.371 e. The van der Waals surface area contributed by atoms with Gasteiger partial charge in [-0.25, -0.2) is 4.39 Å². The number of halogens is 1. The van der Waals surface area contributed by atoms with Gasteiger partial charge in [0.15, 0.2) is 0 Å². The van der Waals surface area contributed by atoms with Crippen molar-refractivity contribution < 1.29 is 4.39 Å². The molecule has 118 valence electrons. The number of benzene rings is 1. The first-order valence-electron chi connectivity index (χ1n) is 8.48. The SMILES string of the molecule is CCCC1CCCN(c2cc(F)cc(CNCC)c2)CC1. The van der Waals surface area contributed by atoms with Crippen molar-refractivity contribution in [3.8, 4) is 0 Å². The summed E-state index contributed by atoms with van der Waals surface area (Å²) >= 11 is 0. The van der Waals surface area contributed by atoms with Gasteiger partial charge >= 0.3 is 0 Å². The van der Waals surface area contributed by atoms with Crippen molar-refractivity contribution in [1.29, 1.82) is 0 Å². The Bertz CT molecular complexity index is 433. The summed E-state index contributed by atoms with van der Waals surface area (Å²) in [5.74, 6) is 0.740. The summed E-state index contributed by atoms with van der Waals surface area (Å²) in [4.78, 5) is 2.37. The lowest BCUT2D eigenvalue weighted by molar-refractivity contribution is 0.435. The predicted molar refractivity (Wildman–Crippen MR) is 88.2 cm³/mol. The third-order valence-corrected chi connectivity index (χ3v) is 4.43. The van der Waals surface area contributed by atoms with Crippen LogP contribution in [0.1, 0.15) is 51.5 Å². The number of hydrogen-bond acceptors (Lipinski definition) is 2. The molecule has 21 heavy (non-hydrogen) atoms. The van der Waals surface area contributed by atoms with E-state index >= 15 is 0 Å². The van der Waals surface area contributed by atoms with E-state index in [2.05, 4.69) is 30.1 Å². The van der Waals surface area contributed by atoms with Crippen LogP contribution in [0.3, 0.4) is 0 Å². The fourth-order valence-corrected chi connectivity index (χ4v) is 3.31. The molecule has 1 saturated heterocycles. The van der Waals surface area contributed by atoms with Crippen LogP contribution in [-0.2, 0) is 6.54 Å². The minimum atomic E-state index is -0.116. The molecule has 1 aromatic carbocycles. The molecule has 0 spiro atoms. The summed E-state index contributed by atoms with van der Waals surface area (Å²) in [6, 6.07) is 5.48. The molecule has 1 unspecified atom stereocenters. The van der Waals surface area contributed by atoms with Crippen molar-refractivity contribution in [2.75, 3.05) is 24.5 Å². The predicted octanol–water partition coefficient (Wildman–Crippen LogP) is 4.34. The van der Waals surface area contributed by atoms with Gasteiger partial charge in [0.05, 0.1) is 0 Å². The van der Waals surface area contributed by atoms with Gasteiger partial charge in [-0.15, -0.1) is 0 Å². The van der Waals surface area contributed by atoms with Crippen molar-refractivity contribution in [2.45, 2.75) is 52.5 Å². The molecule has 0 saturated carbocycles. The Morgan fingerprint density at radius 3 is 2.81 bits per heavy atom. The largest absolute Gasteiger partial charge is 0.371 e. The molecule has 0 radical (unpaired) electrons. The molecule has 2 nitrogen and oxygen atoms in total. The quantitative estimate of drug-likeness (QED) is 0.839. The third-order valence-electron chi connectivity index (χ3n) is 4.43. The van der Waals surface area contributed by atoms with E-state index in [1.165, 1.54) is 32.1 Å². The van der Waals surface area contributed by atoms with Crippen LogP contribution in [-0.4, -0.2) is 19.6 Å². The zero-order valence-electron chi connectivity index (χ0n) is 13.5. The Kier molecular flexibility index (Phi) is 6.50. The number of nitrogens with zero attached hydrogens (tertiary/aromatic N) is 1. The zero-order valence-corrected chi connectivity index (χ0v) is 13.5. The molecule has 1 heterocycles. The van der Waals surface area contributed by atoms with E-state index in [0.29, 0.717) is 0 Å². The molecule has 0 amide bonds. The van der Waals surface area contributed by atoms with Crippen molar-refractivity contribution >= 4 is 5.69 Å². The van der Waals surface area contributed by atoms with Crippen molar-refractivity contribution in [2.24, 2.45) is 5.92 Å². The summed E-state index contributed by atoms with van der Waals surface area (Å²) in [5.41, 5.74) is 2.10. The monoisotopic (exact) mass is 292 g/mol. The third kappa shape index (κ3) is 4.99. The van der Waals surface area contributed by atoms with Gasteiger partial charge in [0.2, 0.25) is 0 Å². The molecule has 1 N–H and O–H groups in total. The van der Waals surface area contributed by atoms with Gasteiger partial charge in [0, 0.05) is 25.3 Å². The smallest absolute Gasteiger partial charge is 0.125 e. The Morgan fingerprint density at radius 1 is 1.19 bits per heavy atom. The van der Waals surface area contributed by atoms with Crippen LogP contribution in [0.2, 0.25) is 0 Å². The standard InChI is InChI=1S/C18H29FN2/c1-3-6-15-7-5-9-21(10-8-15)18-12-16(14-20-4-2)11-17(19)13-18/h11-13,15,20H,3-10,14H2,1-2H3. The highest BCUT2D eigenvalue weighted by Crippen LogP contribution is 2.26. The van der Waals surface area contributed by atoms with E-state index in [9.17, 15) is 4.39 Å². The van der Waals surface area contributed by atoms with E-state index in [1.54, 1.807) is 12.1 Å². The molecule has 0 aromatic heterocycles. The van der Waals surface area contributed by atoms with Crippen LogP contribution < -0.4 is 10.2 Å². The van der Waals surface area contributed by atoms with Gasteiger partial charge in [-0.2, -0.15) is 0 Å². The molecule has 1 aliphatic rings. The molecule has 2 rings (SSSR count). The van der Waals surface area contributed by atoms with E-state index < -0.39 is 0 Å². The summed E-state index contributed by atoms with van der Waals surface area (Å²) in [6.07, 6.45) is 6.40. The van der Waals surface area contributed by atoms with E-state index in [1.807, 2.05) is 0 Å². The fraction of sp³-hybridized carbons (Fsp3) is 0.667. The number of hydrogen-bond donors (Lipinski definition) is 1.